The molecule has 0 radical (unpaired) electrons. The van der Waals surface area contributed by atoms with Crippen LogP contribution in [-0.2, 0) is 16.1 Å². The standard InChI is InChI=1S/C23H23N3O4S2/c27-21(24-16-18-7-3-1-4-8-18)9-5-2-6-14-25-22(28)20(32-23(25)31)15-17-10-12-19(13-11-17)26(29)30/h1,3-4,7-8,10-13,15H,2,5-6,9,14,16H2,(H,24,27)/b20-15-. The van der Waals surface area contributed by atoms with Gasteiger partial charge in [-0.1, -0.05) is 60.7 Å². The van der Waals surface area contributed by atoms with Crippen LogP contribution < -0.4 is 5.32 Å². The van der Waals surface area contributed by atoms with Gasteiger partial charge in [0.25, 0.3) is 11.6 Å². The number of nitrogens with one attached hydrogen (secondary N) is 1. The molecule has 0 unspecified atom stereocenters. The number of benzene rings is 2. The van der Waals surface area contributed by atoms with E-state index in [1.54, 1.807) is 23.1 Å². The van der Waals surface area contributed by atoms with E-state index < -0.39 is 4.92 Å². The third-order valence-corrected chi connectivity index (χ3v) is 6.27. The van der Waals surface area contributed by atoms with Crippen LogP contribution in [0.5, 0.6) is 0 Å². The van der Waals surface area contributed by atoms with Crippen LogP contribution in [0, 0.1) is 10.1 Å². The largest absolute Gasteiger partial charge is 0.352 e. The average molecular weight is 470 g/mol. The van der Waals surface area contributed by atoms with Gasteiger partial charge in [0.15, 0.2) is 0 Å². The van der Waals surface area contributed by atoms with Gasteiger partial charge in [-0.2, -0.15) is 0 Å². The van der Waals surface area contributed by atoms with Gasteiger partial charge in [-0.15, -0.1) is 0 Å². The van der Waals surface area contributed by atoms with Crippen molar-refractivity contribution in [2.75, 3.05) is 6.54 Å². The Morgan fingerprint density at radius 3 is 2.50 bits per heavy atom. The van der Waals surface area contributed by atoms with E-state index in [1.807, 2.05) is 30.3 Å². The molecular weight excluding hydrogens is 446 g/mol. The molecule has 0 atom stereocenters. The Balaban J connectivity index is 1.39. The van der Waals surface area contributed by atoms with Crippen molar-refractivity contribution >= 4 is 51.9 Å². The lowest BCUT2D eigenvalue weighted by atomic mass is 10.1. The number of carbonyl (C=O) groups is 2. The number of thioether (sulfide) groups is 1. The molecule has 0 spiro atoms. The number of hydrogen-bond donors (Lipinski definition) is 1. The summed E-state index contributed by atoms with van der Waals surface area (Å²) in [5, 5.41) is 13.7. The van der Waals surface area contributed by atoms with Crippen LogP contribution in [0.15, 0.2) is 59.5 Å². The van der Waals surface area contributed by atoms with Gasteiger partial charge in [0, 0.05) is 31.6 Å². The number of nitro benzene ring substituents is 1. The van der Waals surface area contributed by atoms with Gasteiger partial charge in [0.1, 0.15) is 4.32 Å². The molecule has 2 aromatic rings. The Morgan fingerprint density at radius 2 is 1.81 bits per heavy atom. The Labute approximate surface area is 196 Å². The fraction of sp³-hybridized carbons (Fsp3) is 0.261. The molecule has 0 bridgehead atoms. The highest BCUT2D eigenvalue weighted by Crippen LogP contribution is 2.33. The van der Waals surface area contributed by atoms with E-state index in [9.17, 15) is 19.7 Å². The average Bonchev–Trinajstić information content (AvgIpc) is 3.05. The Kier molecular flexibility index (Phi) is 8.52. The minimum atomic E-state index is -0.462. The van der Waals surface area contributed by atoms with Gasteiger partial charge in [-0.3, -0.25) is 24.6 Å². The zero-order valence-electron chi connectivity index (χ0n) is 17.4. The third kappa shape index (κ3) is 6.73. The minimum Gasteiger partial charge on any atom is -0.352 e. The number of rotatable bonds is 10. The predicted octanol–water partition coefficient (Wildman–Crippen LogP) is 4.67. The molecule has 1 heterocycles. The number of non-ortho nitro benzene ring substituents is 1. The molecule has 3 rings (SSSR count). The Bertz CT molecular complexity index is 1020. The zero-order valence-corrected chi connectivity index (χ0v) is 19.0. The number of nitro groups is 1. The molecule has 1 saturated heterocycles. The monoisotopic (exact) mass is 469 g/mol. The summed E-state index contributed by atoms with van der Waals surface area (Å²) in [7, 11) is 0. The summed E-state index contributed by atoms with van der Waals surface area (Å²) in [4.78, 5) is 37.0. The van der Waals surface area contributed by atoms with Crippen molar-refractivity contribution in [1.29, 1.82) is 0 Å². The van der Waals surface area contributed by atoms with Crippen molar-refractivity contribution in [2.45, 2.75) is 32.2 Å². The number of thiocarbonyl (C=S) groups is 1. The van der Waals surface area contributed by atoms with E-state index in [0.717, 1.165) is 24.8 Å². The van der Waals surface area contributed by atoms with Crippen molar-refractivity contribution in [2.24, 2.45) is 0 Å². The fourth-order valence-electron chi connectivity index (χ4n) is 3.15. The quantitative estimate of drug-likeness (QED) is 0.179. The summed E-state index contributed by atoms with van der Waals surface area (Å²) >= 11 is 6.57. The first kappa shape index (κ1) is 23.6. The van der Waals surface area contributed by atoms with Crippen molar-refractivity contribution in [3.05, 3.63) is 80.7 Å². The summed E-state index contributed by atoms with van der Waals surface area (Å²) < 4.78 is 0.503. The van der Waals surface area contributed by atoms with E-state index in [2.05, 4.69) is 5.32 Å². The summed E-state index contributed by atoms with van der Waals surface area (Å²) in [5.41, 5.74) is 1.78. The van der Waals surface area contributed by atoms with Crippen LogP contribution >= 0.6 is 24.0 Å². The highest BCUT2D eigenvalue weighted by Gasteiger charge is 2.31. The van der Waals surface area contributed by atoms with Crippen molar-refractivity contribution < 1.29 is 14.5 Å². The van der Waals surface area contributed by atoms with Crippen LogP contribution in [0.25, 0.3) is 6.08 Å². The lowest BCUT2D eigenvalue weighted by Gasteiger charge is -2.14. The Morgan fingerprint density at radius 1 is 1.09 bits per heavy atom. The van der Waals surface area contributed by atoms with Gasteiger partial charge in [-0.25, -0.2) is 0 Å². The second-order valence-corrected chi connectivity index (χ2v) is 8.93. The molecule has 32 heavy (non-hydrogen) atoms. The van der Waals surface area contributed by atoms with Gasteiger partial charge in [0.05, 0.1) is 9.83 Å². The third-order valence-electron chi connectivity index (χ3n) is 4.89. The molecule has 0 saturated carbocycles. The van der Waals surface area contributed by atoms with E-state index >= 15 is 0 Å². The maximum absolute atomic E-state index is 12.7. The van der Waals surface area contributed by atoms with Crippen molar-refractivity contribution in [3.63, 3.8) is 0 Å². The van der Waals surface area contributed by atoms with Gasteiger partial charge >= 0.3 is 0 Å². The lowest BCUT2D eigenvalue weighted by Crippen LogP contribution is -2.29. The maximum atomic E-state index is 12.7. The number of amides is 2. The minimum absolute atomic E-state index is 0.00319. The summed E-state index contributed by atoms with van der Waals surface area (Å²) in [5.74, 6) is -0.135. The smallest absolute Gasteiger partial charge is 0.269 e. The molecule has 9 heteroatoms. The first-order chi connectivity index (χ1) is 15.4. The summed E-state index contributed by atoms with van der Waals surface area (Å²) in [6.45, 7) is 1.03. The molecule has 1 aliphatic rings. The molecule has 1 N–H and O–H groups in total. The highest BCUT2D eigenvalue weighted by atomic mass is 32.2. The topological polar surface area (TPSA) is 92.5 Å². The van der Waals surface area contributed by atoms with Crippen LogP contribution in [0.4, 0.5) is 5.69 Å². The van der Waals surface area contributed by atoms with E-state index in [0.29, 0.717) is 34.3 Å². The van der Waals surface area contributed by atoms with E-state index in [1.165, 1.54) is 23.9 Å². The second-order valence-electron chi connectivity index (χ2n) is 7.25. The molecule has 1 aliphatic heterocycles. The van der Waals surface area contributed by atoms with Crippen molar-refractivity contribution in [3.8, 4) is 0 Å². The number of carbonyl (C=O) groups excluding carboxylic acids is 2. The SMILES string of the molecule is O=C(CCCCCN1C(=O)/C(=C/c2ccc([N+](=O)[O-])cc2)SC1=S)NCc1ccccc1. The molecule has 0 aromatic heterocycles. The molecular formula is C23H23N3O4S2. The molecule has 2 aromatic carbocycles. The number of nitrogens with zero attached hydrogens (tertiary/aromatic N) is 2. The molecule has 7 nitrogen and oxygen atoms in total. The van der Waals surface area contributed by atoms with Crippen LogP contribution in [-0.4, -0.2) is 32.5 Å². The number of hydrogen-bond acceptors (Lipinski definition) is 6. The molecule has 0 aliphatic carbocycles. The highest BCUT2D eigenvalue weighted by molar-refractivity contribution is 8.26. The fourth-order valence-corrected chi connectivity index (χ4v) is 4.46. The molecule has 2 amide bonds. The van der Waals surface area contributed by atoms with Gasteiger partial charge in [-0.05, 0) is 42.2 Å². The summed E-state index contributed by atoms with van der Waals surface area (Å²) in [6.07, 6.45) is 4.46. The first-order valence-corrected chi connectivity index (χ1v) is 11.5. The van der Waals surface area contributed by atoms with E-state index in [-0.39, 0.29) is 17.5 Å². The molecule has 1 fully saturated rings. The predicted molar refractivity (Wildman–Crippen MR) is 130 cm³/mol. The van der Waals surface area contributed by atoms with Crippen LogP contribution in [0.1, 0.15) is 36.8 Å². The normalized spacial score (nSPS) is 14.8. The van der Waals surface area contributed by atoms with Crippen molar-refractivity contribution in [1.82, 2.24) is 10.2 Å². The van der Waals surface area contributed by atoms with Gasteiger partial charge in [0.2, 0.25) is 5.91 Å². The Hall–Kier alpha value is -3.04. The second kappa shape index (κ2) is 11.5. The lowest BCUT2D eigenvalue weighted by molar-refractivity contribution is -0.384. The first-order valence-electron chi connectivity index (χ1n) is 10.2. The van der Waals surface area contributed by atoms with Crippen LogP contribution in [0.2, 0.25) is 0 Å². The zero-order chi connectivity index (χ0) is 22.9. The van der Waals surface area contributed by atoms with E-state index in [4.69, 9.17) is 12.2 Å². The number of unbranched alkanes of at least 4 members (excludes halogenated alkanes) is 2. The maximum Gasteiger partial charge on any atom is 0.269 e. The van der Waals surface area contributed by atoms with Crippen LogP contribution in [0.3, 0.4) is 0 Å². The summed E-state index contributed by atoms with van der Waals surface area (Å²) in [6, 6.07) is 15.8. The van der Waals surface area contributed by atoms with Gasteiger partial charge < -0.3 is 5.32 Å². The molecule has 166 valence electrons.